The topological polar surface area (TPSA) is 55.2 Å². The number of aromatic nitrogens is 2. The maximum atomic E-state index is 10.2. The summed E-state index contributed by atoms with van der Waals surface area (Å²) in [6.07, 6.45) is 0.791. The molecule has 0 bridgehead atoms. The molecule has 1 heterocycles. The lowest BCUT2D eigenvalue weighted by molar-refractivity contribution is 0.173. The summed E-state index contributed by atoms with van der Waals surface area (Å²) in [6, 6.07) is 6.80. The van der Waals surface area contributed by atoms with Crippen molar-refractivity contribution in [1.29, 1.82) is 0 Å². The number of halogens is 2. The van der Waals surface area contributed by atoms with Crippen LogP contribution < -0.4 is 4.74 Å². The van der Waals surface area contributed by atoms with Crippen molar-refractivity contribution in [1.82, 2.24) is 9.97 Å². The second-order valence-electron chi connectivity index (χ2n) is 3.91. The summed E-state index contributed by atoms with van der Waals surface area (Å²) in [5.41, 5.74) is 1.15. The van der Waals surface area contributed by atoms with E-state index in [-0.39, 0.29) is 6.42 Å². The minimum absolute atomic E-state index is 0.276. The van der Waals surface area contributed by atoms with Crippen molar-refractivity contribution < 1.29 is 9.84 Å². The van der Waals surface area contributed by atoms with Crippen molar-refractivity contribution in [3.05, 3.63) is 51.9 Å². The van der Waals surface area contributed by atoms with Crippen molar-refractivity contribution in [2.75, 3.05) is 7.11 Å². The van der Waals surface area contributed by atoms with Crippen LogP contribution in [-0.2, 0) is 6.42 Å². The third-order valence-corrected chi connectivity index (χ3v) is 3.38. The summed E-state index contributed by atoms with van der Waals surface area (Å²) in [5.74, 6) is 0.398. The molecule has 0 aliphatic rings. The smallest absolute Gasteiger partial charge is 0.216 e. The van der Waals surface area contributed by atoms with Crippen molar-refractivity contribution in [3.8, 4) is 5.88 Å². The molecule has 19 heavy (non-hydrogen) atoms. The fraction of sp³-hybridized carbons (Fsp3) is 0.231. The Bertz CT molecular complexity index is 558. The van der Waals surface area contributed by atoms with Crippen molar-refractivity contribution in [2.45, 2.75) is 12.5 Å². The fourth-order valence-electron chi connectivity index (χ4n) is 1.67. The highest BCUT2D eigenvalue weighted by Crippen LogP contribution is 2.29. The quantitative estimate of drug-likeness (QED) is 0.942. The van der Waals surface area contributed by atoms with Crippen LogP contribution in [0.3, 0.4) is 0 Å². The normalized spacial score (nSPS) is 12.2. The summed E-state index contributed by atoms with van der Waals surface area (Å²) in [6.45, 7) is 0. The van der Waals surface area contributed by atoms with Gasteiger partial charge >= 0.3 is 0 Å². The van der Waals surface area contributed by atoms with Crippen LogP contribution in [0.15, 0.2) is 30.6 Å². The van der Waals surface area contributed by atoms with Crippen LogP contribution in [0.5, 0.6) is 5.88 Å². The molecule has 0 fully saturated rings. The van der Waals surface area contributed by atoms with Crippen molar-refractivity contribution >= 4 is 23.2 Å². The third kappa shape index (κ3) is 3.35. The van der Waals surface area contributed by atoms with Crippen molar-refractivity contribution in [2.24, 2.45) is 0 Å². The van der Waals surface area contributed by atoms with Crippen LogP contribution in [0, 0.1) is 0 Å². The van der Waals surface area contributed by atoms with E-state index >= 15 is 0 Å². The second kappa shape index (κ2) is 6.19. The Balaban J connectivity index is 2.23. The minimum atomic E-state index is -0.825. The zero-order chi connectivity index (χ0) is 13.8. The lowest BCUT2D eigenvalue weighted by atomic mass is 10.1. The first-order valence-electron chi connectivity index (χ1n) is 5.58. The number of nitrogens with zero attached hydrogens (tertiary/aromatic N) is 2. The first-order valence-corrected chi connectivity index (χ1v) is 6.34. The van der Waals surface area contributed by atoms with E-state index in [1.54, 1.807) is 24.3 Å². The maximum absolute atomic E-state index is 10.2. The number of rotatable bonds is 4. The van der Waals surface area contributed by atoms with E-state index in [2.05, 4.69) is 9.97 Å². The fourth-order valence-corrected chi connectivity index (χ4v) is 2.22. The van der Waals surface area contributed by atoms with Gasteiger partial charge in [-0.25, -0.2) is 9.97 Å². The molecule has 6 heteroatoms. The van der Waals surface area contributed by atoms with E-state index < -0.39 is 6.10 Å². The van der Waals surface area contributed by atoms with E-state index in [0.717, 1.165) is 0 Å². The van der Waals surface area contributed by atoms with Gasteiger partial charge in [-0.15, -0.1) is 0 Å². The minimum Gasteiger partial charge on any atom is -0.481 e. The predicted octanol–water partition coefficient (Wildman–Crippen LogP) is 3.07. The molecular formula is C13H12Cl2N2O2. The van der Waals surface area contributed by atoms with E-state index in [1.165, 1.54) is 13.4 Å². The van der Waals surface area contributed by atoms with Gasteiger partial charge < -0.3 is 9.84 Å². The highest BCUT2D eigenvalue weighted by molar-refractivity contribution is 6.35. The molecule has 100 valence electrons. The molecule has 0 aliphatic carbocycles. The van der Waals surface area contributed by atoms with Gasteiger partial charge in [-0.3, -0.25) is 0 Å². The molecule has 1 unspecified atom stereocenters. The number of ether oxygens (including phenoxy) is 1. The first-order chi connectivity index (χ1) is 9.11. The van der Waals surface area contributed by atoms with Gasteiger partial charge in [0.15, 0.2) is 0 Å². The summed E-state index contributed by atoms with van der Waals surface area (Å²) >= 11 is 12.1. The Morgan fingerprint density at radius 3 is 2.58 bits per heavy atom. The van der Waals surface area contributed by atoms with Crippen LogP contribution in [0.25, 0.3) is 0 Å². The van der Waals surface area contributed by atoms with Gasteiger partial charge in [-0.1, -0.05) is 29.3 Å². The first kappa shape index (κ1) is 14.1. The largest absolute Gasteiger partial charge is 0.481 e. The van der Waals surface area contributed by atoms with E-state index in [0.29, 0.717) is 27.2 Å². The lowest BCUT2D eigenvalue weighted by Gasteiger charge is -2.13. The highest BCUT2D eigenvalue weighted by atomic mass is 35.5. The van der Waals surface area contributed by atoms with E-state index in [9.17, 15) is 5.11 Å². The molecule has 0 saturated heterocycles. The molecule has 1 aromatic heterocycles. The highest BCUT2D eigenvalue weighted by Gasteiger charge is 2.15. The monoisotopic (exact) mass is 298 g/mol. The molecule has 0 amide bonds. The van der Waals surface area contributed by atoms with Crippen LogP contribution in [0.1, 0.15) is 17.4 Å². The average molecular weight is 299 g/mol. The van der Waals surface area contributed by atoms with E-state index in [1.807, 2.05) is 0 Å². The number of aliphatic hydroxyl groups is 1. The van der Waals surface area contributed by atoms with Gasteiger partial charge in [0.25, 0.3) is 0 Å². The zero-order valence-electron chi connectivity index (χ0n) is 10.2. The molecule has 4 nitrogen and oxygen atoms in total. The van der Waals surface area contributed by atoms with E-state index in [4.69, 9.17) is 27.9 Å². The second-order valence-corrected chi connectivity index (χ2v) is 4.72. The molecule has 1 aromatic carbocycles. The molecule has 0 radical (unpaired) electrons. The SMILES string of the molecule is COc1cc(C(O)Cc2c(Cl)cccc2Cl)ncn1. The Kier molecular flexibility index (Phi) is 4.58. The summed E-state index contributed by atoms with van der Waals surface area (Å²) in [7, 11) is 1.50. The Hall–Kier alpha value is -1.36. The lowest BCUT2D eigenvalue weighted by Crippen LogP contribution is -2.06. The average Bonchev–Trinajstić information content (AvgIpc) is 2.43. The van der Waals surface area contributed by atoms with Gasteiger partial charge in [0, 0.05) is 22.5 Å². The number of hydrogen-bond donors (Lipinski definition) is 1. The standard InChI is InChI=1S/C13H12Cl2N2O2/c1-19-13-6-11(16-7-17-13)12(18)5-8-9(14)3-2-4-10(8)15/h2-4,6-7,12,18H,5H2,1H3. The van der Waals surface area contributed by atoms with Gasteiger partial charge in [0.2, 0.25) is 5.88 Å². The maximum Gasteiger partial charge on any atom is 0.216 e. The molecule has 1 atom stereocenters. The predicted molar refractivity (Wildman–Crippen MR) is 73.7 cm³/mol. The number of methoxy groups -OCH3 is 1. The van der Waals surface area contributed by atoms with Crippen LogP contribution >= 0.6 is 23.2 Å². The van der Waals surface area contributed by atoms with Gasteiger partial charge in [0.05, 0.1) is 12.8 Å². The van der Waals surface area contributed by atoms with Crippen LogP contribution in [0.4, 0.5) is 0 Å². The zero-order valence-corrected chi connectivity index (χ0v) is 11.7. The van der Waals surface area contributed by atoms with Gasteiger partial charge in [-0.05, 0) is 17.7 Å². The Labute approximate surface area is 121 Å². The molecule has 1 N–H and O–H groups in total. The molecule has 0 aliphatic heterocycles. The molecule has 0 spiro atoms. The third-order valence-electron chi connectivity index (χ3n) is 2.67. The summed E-state index contributed by atoms with van der Waals surface area (Å²) in [5, 5.41) is 11.2. The molecular weight excluding hydrogens is 287 g/mol. The van der Waals surface area contributed by atoms with Crippen LogP contribution in [0.2, 0.25) is 10.0 Å². The Morgan fingerprint density at radius 2 is 1.95 bits per heavy atom. The Morgan fingerprint density at radius 1 is 1.26 bits per heavy atom. The number of hydrogen-bond acceptors (Lipinski definition) is 4. The van der Waals surface area contributed by atoms with Gasteiger partial charge in [0.1, 0.15) is 12.4 Å². The molecule has 0 saturated carbocycles. The number of aliphatic hydroxyl groups excluding tert-OH is 1. The molecule has 2 rings (SSSR count). The van der Waals surface area contributed by atoms with Crippen molar-refractivity contribution in [3.63, 3.8) is 0 Å². The summed E-state index contributed by atoms with van der Waals surface area (Å²) < 4.78 is 4.99. The summed E-state index contributed by atoms with van der Waals surface area (Å²) in [4.78, 5) is 7.90. The van der Waals surface area contributed by atoms with Crippen LogP contribution in [-0.4, -0.2) is 22.2 Å². The number of benzene rings is 1. The molecule has 2 aromatic rings. The van der Waals surface area contributed by atoms with Gasteiger partial charge in [-0.2, -0.15) is 0 Å².